The lowest BCUT2D eigenvalue weighted by Gasteiger charge is -2.11. The van der Waals surface area contributed by atoms with Crippen LogP contribution in [0.1, 0.15) is 19.4 Å². The summed E-state index contributed by atoms with van der Waals surface area (Å²) in [7, 11) is 0. The third-order valence-electron chi connectivity index (χ3n) is 2.56. The van der Waals surface area contributed by atoms with Gasteiger partial charge in [-0.05, 0) is 29.8 Å². The molecule has 0 atom stereocenters. The predicted octanol–water partition coefficient (Wildman–Crippen LogP) is 4.38. The normalized spacial score (nSPS) is 10.9. The Balaban J connectivity index is 2.15. The molecule has 2 rings (SSSR count). The van der Waals surface area contributed by atoms with Crippen molar-refractivity contribution in [2.24, 2.45) is 0 Å². The van der Waals surface area contributed by atoms with E-state index >= 15 is 0 Å². The van der Waals surface area contributed by atoms with Gasteiger partial charge in [-0.2, -0.15) is 0 Å². The molecular formula is C15H17ClN2S. The monoisotopic (exact) mass is 292 g/mol. The molecule has 2 aromatic rings. The number of pyridine rings is 1. The molecule has 0 bridgehead atoms. The highest BCUT2D eigenvalue weighted by molar-refractivity contribution is 7.99. The van der Waals surface area contributed by atoms with Crippen LogP contribution in [0.3, 0.4) is 0 Å². The van der Waals surface area contributed by atoms with Gasteiger partial charge in [0.25, 0.3) is 0 Å². The summed E-state index contributed by atoms with van der Waals surface area (Å²) in [5.74, 6) is 0. The minimum Gasteiger partial charge on any atom is -0.310 e. The van der Waals surface area contributed by atoms with Gasteiger partial charge in [-0.25, -0.2) is 4.98 Å². The fourth-order valence-electron chi connectivity index (χ4n) is 1.61. The molecule has 1 aromatic heterocycles. The van der Waals surface area contributed by atoms with Gasteiger partial charge in [0.05, 0.1) is 0 Å². The topological polar surface area (TPSA) is 24.9 Å². The van der Waals surface area contributed by atoms with Crippen molar-refractivity contribution in [3.63, 3.8) is 0 Å². The molecule has 19 heavy (non-hydrogen) atoms. The zero-order valence-corrected chi connectivity index (χ0v) is 12.6. The highest BCUT2D eigenvalue weighted by Crippen LogP contribution is 2.30. The van der Waals surface area contributed by atoms with E-state index in [1.165, 1.54) is 5.56 Å². The summed E-state index contributed by atoms with van der Waals surface area (Å²) >= 11 is 7.65. The third kappa shape index (κ3) is 4.53. The molecule has 0 saturated heterocycles. The smallest absolute Gasteiger partial charge is 0.105 e. The maximum absolute atomic E-state index is 6.01. The largest absolute Gasteiger partial charge is 0.310 e. The number of benzene rings is 1. The average molecular weight is 293 g/mol. The molecule has 2 nitrogen and oxygen atoms in total. The molecular weight excluding hydrogens is 276 g/mol. The Bertz CT molecular complexity index is 543. The number of rotatable bonds is 5. The zero-order chi connectivity index (χ0) is 13.7. The van der Waals surface area contributed by atoms with Crippen LogP contribution in [0.5, 0.6) is 0 Å². The first-order valence-electron chi connectivity index (χ1n) is 6.26. The summed E-state index contributed by atoms with van der Waals surface area (Å²) in [6, 6.07) is 12.4. The lowest BCUT2D eigenvalue weighted by atomic mass is 10.2. The Morgan fingerprint density at radius 3 is 2.84 bits per heavy atom. The maximum atomic E-state index is 6.01. The molecule has 0 unspecified atom stereocenters. The summed E-state index contributed by atoms with van der Waals surface area (Å²) in [5.41, 5.74) is 1.21. The van der Waals surface area contributed by atoms with Crippen molar-refractivity contribution in [2.75, 3.05) is 0 Å². The first-order chi connectivity index (χ1) is 9.15. The Morgan fingerprint density at radius 2 is 2.11 bits per heavy atom. The summed E-state index contributed by atoms with van der Waals surface area (Å²) in [6.45, 7) is 5.11. The van der Waals surface area contributed by atoms with Crippen molar-refractivity contribution in [1.82, 2.24) is 10.3 Å². The first kappa shape index (κ1) is 14.4. The van der Waals surface area contributed by atoms with Crippen molar-refractivity contribution < 1.29 is 0 Å². The molecule has 0 aliphatic heterocycles. The molecule has 0 radical (unpaired) electrons. The van der Waals surface area contributed by atoms with Crippen molar-refractivity contribution in [1.29, 1.82) is 0 Å². The molecule has 1 N–H and O–H groups in total. The van der Waals surface area contributed by atoms with E-state index in [0.29, 0.717) is 6.04 Å². The maximum Gasteiger partial charge on any atom is 0.105 e. The predicted molar refractivity (Wildman–Crippen MR) is 81.8 cm³/mol. The minimum absolute atomic E-state index is 0.462. The van der Waals surface area contributed by atoms with Crippen LogP contribution >= 0.6 is 23.4 Å². The van der Waals surface area contributed by atoms with Crippen molar-refractivity contribution in [2.45, 2.75) is 36.4 Å². The summed E-state index contributed by atoms with van der Waals surface area (Å²) in [6.07, 6.45) is 1.83. The van der Waals surface area contributed by atoms with Gasteiger partial charge >= 0.3 is 0 Å². The second-order valence-corrected chi connectivity index (χ2v) is 6.06. The van der Waals surface area contributed by atoms with E-state index in [-0.39, 0.29) is 0 Å². The van der Waals surface area contributed by atoms with Gasteiger partial charge in [-0.3, -0.25) is 0 Å². The van der Waals surface area contributed by atoms with Crippen LogP contribution in [0.2, 0.25) is 5.02 Å². The van der Waals surface area contributed by atoms with E-state index in [4.69, 9.17) is 11.6 Å². The number of nitrogens with one attached hydrogen (secondary N) is 1. The quantitative estimate of drug-likeness (QED) is 0.885. The molecule has 1 aromatic carbocycles. The molecule has 0 saturated carbocycles. The van der Waals surface area contributed by atoms with Gasteiger partial charge in [0.15, 0.2) is 0 Å². The molecule has 1 heterocycles. The Kier molecular flexibility index (Phi) is 5.25. The van der Waals surface area contributed by atoms with Crippen LogP contribution in [-0.4, -0.2) is 11.0 Å². The lowest BCUT2D eigenvalue weighted by molar-refractivity contribution is 0.582. The average Bonchev–Trinajstić information content (AvgIpc) is 2.38. The van der Waals surface area contributed by atoms with E-state index in [1.54, 1.807) is 11.8 Å². The minimum atomic E-state index is 0.462. The Hall–Kier alpha value is -1.03. The SMILES string of the molecule is CC(C)NCc1cccnc1Sc1cccc(Cl)c1. The third-order valence-corrected chi connectivity index (χ3v) is 3.85. The highest BCUT2D eigenvalue weighted by atomic mass is 35.5. The van der Waals surface area contributed by atoms with E-state index in [2.05, 4.69) is 30.2 Å². The molecule has 0 aliphatic carbocycles. The van der Waals surface area contributed by atoms with Gasteiger partial charge < -0.3 is 5.32 Å². The van der Waals surface area contributed by atoms with E-state index in [0.717, 1.165) is 21.5 Å². The zero-order valence-electron chi connectivity index (χ0n) is 11.1. The molecule has 0 spiro atoms. The molecule has 0 fully saturated rings. The first-order valence-corrected chi connectivity index (χ1v) is 7.45. The molecule has 4 heteroatoms. The van der Waals surface area contributed by atoms with Crippen LogP contribution < -0.4 is 5.32 Å². The number of aromatic nitrogens is 1. The van der Waals surface area contributed by atoms with Crippen LogP contribution in [0.25, 0.3) is 0 Å². The second kappa shape index (κ2) is 6.94. The fraction of sp³-hybridized carbons (Fsp3) is 0.267. The van der Waals surface area contributed by atoms with Crippen LogP contribution in [0.4, 0.5) is 0 Å². The molecule has 0 amide bonds. The standard InChI is InChI=1S/C15H17ClN2S/c1-11(2)18-10-12-5-4-8-17-15(12)19-14-7-3-6-13(16)9-14/h3-9,11,18H,10H2,1-2H3. The van der Waals surface area contributed by atoms with E-state index in [9.17, 15) is 0 Å². The second-order valence-electron chi connectivity index (χ2n) is 4.56. The fourth-order valence-corrected chi connectivity index (χ4v) is 2.80. The van der Waals surface area contributed by atoms with E-state index < -0.39 is 0 Å². The Morgan fingerprint density at radius 1 is 1.26 bits per heavy atom. The van der Waals surface area contributed by atoms with E-state index in [1.807, 2.05) is 36.5 Å². The van der Waals surface area contributed by atoms with Crippen LogP contribution in [0, 0.1) is 0 Å². The van der Waals surface area contributed by atoms with Gasteiger partial charge in [-0.1, -0.05) is 49.3 Å². The number of halogens is 1. The van der Waals surface area contributed by atoms with Gasteiger partial charge in [0, 0.05) is 28.7 Å². The number of hydrogen-bond acceptors (Lipinski definition) is 3. The van der Waals surface area contributed by atoms with Crippen LogP contribution in [0.15, 0.2) is 52.5 Å². The van der Waals surface area contributed by atoms with Crippen LogP contribution in [-0.2, 0) is 6.54 Å². The number of nitrogens with zero attached hydrogens (tertiary/aromatic N) is 1. The van der Waals surface area contributed by atoms with Crippen molar-refractivity contribution in [3.8, 4) is 0 Å². The molecule has 100 valence electrons. The summed E-state index contributed by atoms with van der Waals surface area (Å²) < 4.78 is 0. The van der Waals surface area contributed by atoms with Gasteiger partial charge in [-0.15, -0.1) is 0 Å². The summed E-state index contributed by atoms with van der Waals surface area (Å²) in [5, 5.41) is 5.20. The van der Waals surface area contributed by atoms with Gasteiger partial charge in [0.1, 0.15) is 5.03 Å². The number of hydrogen-bond donors (Lipinski definition) is 1. The summed E-state index contributed by atoms with van der Waals surface area (Å²) in [4.78, 5) is 5.57. The van der Waals surface area contributed by atoms with Gasteiger partial charge in [0.2, 0.25) is 0 Å². The Labute approximate surface area is 123 Å². The highest BCUT2D eigenvalue weighted by Gasteiger charge is 2.06. The lowest BCUT2D eigenvalue weighted by Crippen LogP contribution is -2.22. The van der Waals surface area contributed by atoms with Crippen molar-refractivity contribution in [3.05, 3.63) is 53.2 Å². The van der Waals surface area contributed by atoms with Crippen molar-refractivity contribution >= 4 is 23.4 Å². The molecule has 0 aliphatic rings.